The van der Waals surface area contributed by atoms with Crippen molar-refractivity contribution in [1.82, 2.24) is 0 Å². The molecule has 2 nitrogen and oxygen atoms in total. The van der Waals surface area contributed by atoms with Gasteiger partial charge in [-0.15, -0.1) is 0 Å². The lowest BCUT2D eigenvalue weighted by molar-refractivity contribution is 0.178. The van der Waals surface area contributed by atoms with Gasteiger partial charge in [-0.2, -0.15) is 11.3 Å². The monoisotopic (exact) mass is 248 g/mol. The number of rotatable bonds is 5. The molecule has 0 saturated heterocycles. The molecular weight excluding hydrogens is 232 g/mol. The quantitative estimate of drug-likeness (QED) is 0.878. The van der Waals surface area contributed by atoms with Gasteiger partial charge in [0, 0.05) is 6.42 Å². The summed E-state index contributed by atoms with van der Waals surface area (Å²) in [4.78, 5) is 0. The SMILES string of the molecule is CCOc1ccc(C(O)Cc2ccsc2)cc1. The Bertz CT molecular complexity index is 434. The van der Waals surface area contributed by atoms with Crippen molar-refractivity contribution >= 4 is 11.3 Å². The van der Waals surface area contributed by atoms with Crippen LogP contribution < -0.4 is 4.74 Å². The van der Waals surface area contributed by atoms with E-state index in [0.29, 0.717) is 13.0 Å². The molecule has 2 aromatic rings. The summed E-state index contributed by atoms with van der Waals surface area (Å²) in [7, 11) is 0. The summed E-state index contributed by atoms with van der Waals surface area (Å²) in [5.74, 6) is 0.846. The Labute approximate surface area is 105 Å². The summed E-state index contributed by atoms with van der Waals surface area (Å²) in [6, 6.07) is 9.68. The van der Waals surface area contributed by atoms with Crippen molar-refractivity contribution in [3.63, 3.8) is 0 Å². The lowest BCUT2D eigenvalue weighted by Gasteiger charge is -2.11. The Hall–Kier alpha value is -1.32. The lowest BCUT2D eigenvalue weighted by Crippen LogP contribution is -2.01. The van der Waals surface area contributed by atoms with Crippen LogP contribution in [0.1, 0.15) is 24.2 Å². The highest BCUT2D eigenvalue weighted by Gasteiger charge is 2.08. The highest BCUT2D eigenvalue weighted by molar-refractivity contribution is 7.07. The molecule has 90 valence electrons. The van der Waals surface area contributed by atoms with Gasteiger partial charge in [-0.1, -0.05) is 12.1 Å². The average molecular weight is 248 g/mol. The van der Waals surface area contributed by atoms with Crippen LogP contribution in [-0.4, -0.2) is 11.7 Å². The Morgan fingerprint density at radius 3 is 2.59 bits per heavy atom. The highest BCUT2D eigenvalue weighted by Crippen LogP contribution is 2.22. The Morgan fingerprint density at radius 1 is 1.24 bits per heavy atom. The predicted molar refractivity (Wildman–Crippen MR) is 70.6 cm³/mol. The molecule has 1 unspecified atom stereocenters. The maximum atomic E-state index is 10.1. The zero-order chi connectivity index (χ0) is 12.1. The fraction of sp³-hybridized carbons (Fsp3) is 0.286. The van der Waals surface area contributed by atoms with E-state index in [1.165, 1.54) is 5.56 Å². The molecule has 17 heavy (non-hydrogen) atoms. The molecule has 0 fully saturated rings. The van der Waals surface area contributed by atoms with Crippen molar-refractivity contribution in [3.8, 4) is 5.75 Å². The molecule has 3 heteroatoms. The fourth-order valence-electron chi connectivity index (χ4n) is 1.70. The standard InChI is InChI=1S/C14H16O2S/c1-2-16-13-5-3-12(4-6-13)14(15)9-11-7-8-17-10-11/h3-8,10,14-15H,2,9H2,1H3. The number of benzene rings is 1. The summed E-state index contributed by atoms with van der Waals surface area (Å²) in [6.45, 7) is 2.62. The molecule has 0 amide bonds. The maximum absolute atomic E-state index is 10.1. The van der Waals surface area contributed by atoms with Gasteiger partial charge in [0.25, 0.3) is 0 Å². The molecule has 0 aliphatic carbocycles. The van der Waals surface area contributed by atoms with Gasteiger partial charge < -0.3 is 9.84 Å². The number of hydrogen-bond acceptors (Lipinski definition) is 3. The highest BCUT2D eigenvalue weighted by atomic mass is 32.1. The third-order valence-corrected chi connectivity index (χ3v) is 3.32. The van der Waals surface area contributed by atoms with Gasteiger partial charge in [0.1, 0.15) is 5.75 Å². The smallest absolute Gasteiger partial charge is 0.119 e. The predicted octanol–water partition coefficient (Wildman–Crippen LogP) is 3.42. The number of thiophene rings is 1. The first-order valence-corrected chi connectivity index (χ1v) is 6.65. The molecule has 0 spiro atoms. The lowest BCUT2D eigenvalue weighted by atomic mass is 10.0. The van der Waals surface area contributed by atoms with Gasteiger partial charge in [0.05, 0.1) is 12.7 Å². The zero-order valence-corrected chi connectivity index (χ0v) is 10.6. The van der Waals surface area contributed by atoms with Gasteiger partial charge in [-0.05, 0) is 47.0 Å². The van der Waals surface area contributed by atoms with Crippen LogP contribution in [0.2, 0.25) is 0 Å². The van der Waals surface area contributed by atoms with E-state index in [2.05, 4.69) is 5.38 Å². The van der Waals surface area contributed by atoms with Gasteiger partial charge in [-0.25, -0.2) is 0 Å². The van der Waals surface area contributed by atoms with Gasteiger partial charge >= 0.3 is 0 Å². The van der Waals surface area contributed by atoms with E-state index < -0.39 is 6.10 Å². The van der Waals surface area contributed by atoms with Crippen LogP contribution >= 0.6 is 11.3 Å². The van der Waals surface area contributed by atoms with E-state index >= 15 is 0 Å². The van der Waals surface area contributed by atoms with Crippen LogP contribution in [0, 0.1) is 0 Å². The first-order valence-electron chi connectivity index (χ1n) is 5.71. The minimum atomic E-state index is -0.444. The summed E-state index contributed by atoms with van der Waals surface area (Å²) >= 11 is 1.65. The maximum Gasteiger partial charge on any atom is 0.119 e. The summed E-state index contributed by atoms with van der Waals surface area (Å²) < 4.78 is 5.37. The third kappa shape index (κ3) is 3.32. The number of aliphatic hydroxyl groups is 1. The Morgan fingerprint density at radius 2 is 2.00 bits per heavy atom. The Kier molecular flexibility index (Phi) is 4.18. The van der Waals surface area contributed by atoms with Gasteiger partial charge in [0.15, 0.2) is 0 Å². The second-order valence-corrected chi connectivity index (χ2v) is 4.63. The van der Waals surface area contributed by atoms with Gasteiger partial charge in [-0.3, -0.25) is 0 Å². The van der Waals surface area contributed by atoms with Crippen LogP contribution in [0.5, 0.6) is 5.75 Å². The topological polar surface area (TPSA) is 29.5 Å². The van der Waals surface area contributed by atoms with Crippen LogP contribution in [0.4, 0.5) is 0 Å². The van der Waals surface area contributed by atoms with Crippen molar-refractivity contribution in [2.24, 2.45) is 0 Å². The van der Waals surface area contributed by atoms with E-state index in [1.807, 2.05) is 42.6 Å². The van der Waals surface area contributed by atoms with Crippen molar-refractivity contribution in [1.29, 1.82) is 0 Å². The molecule has 1 atom stereocenters. The summed E-state index contributed by atoms with van der Waals surface area (Å²) in [5.41, 5.74) is 2.11. The molecule has 0 aliphatic rings. The molecule has 1 N–H and O–H groups in total. The molecular formula is C14H16O2S. The Balaban J connectivity index is 2.01. The summed E-state index contributed by atoms with van der Waals surface area (Å²) in [6.07, 6.45) is 0.220. The van der Waals surface area contributed by atoms with E-state index in [1.54, 1.807) is 11.3 Å². The van der Waals surface area contributed by atoms with Gasteiger partial charge in [0.2, 0.25) is 0 Å². The minimum absolute atomic E-state index is 0.444. The van der Waals surface area contributed by atoms with Crippen molar-refractivity contribution in [3.05, 3.63) is 52.2 Å². The zero-order valence-electron chi connectivity index (χ0n) is 9.80. The van der Waals surface area contributed by atoms with Crippen LogP contribution in [0.25, 0.3) is 0 Å². The average Bonchev–Trinajstić information content (AvgIpc) is 2.83. The molecule has 1 aromatic heterocycles. The molecule has 2 rings (SSSR count). The second kappa shape index (κ2) is 5.84. The molecule has 0 bridgehead atoms. The number of aliphatic hydroxyl groups excluding tert-OH is 1. The molecule has 0 aliphatic heterocycles. The van der Waals surface area contributed by atoms with E-state index in [4.69, 9.17) is 4.74 Å². The van der Waals surface area contributed by atoms with E-state index in [9.17, 15) is 5.11 Å². The van der Waals surface area contributed by atoms with E-state index in [0.717, 1.165) is 11.3 Å². The number of ether oxygens (including phenoxy) is 1. The largest absolute Gasteiger partial charge is 0.494 e. The number of hydrogen-bond donors (Lipinski definition) is 1. The van der Waals surface area contributed by atoms with E-state index in [-0.39, 0.29) is 0 Å². The third-order valence-electron chi connectivity index (χ3n) is 2.59. The van der Waals surface area contributed by atoms with Crippen LogP contribution in [-0.2, 0) is 6.42 Å². The van der Waals surface area contributed by atoms with Crippen molar-refractivity contribution in [2.75, 3.05) is 6.61 Å². The summed E-state index contributed by atoms with van der Waals surface area (Å²) in [5, 5.41) is 14.2. The molecule has 1 aromatic carbocycles. The molecule has 0 saturated carbocycles. The van der Waals surface area contributed by atoms with Crippen molar-refractivity contribution in [2.45, 2.75) is 19.4 Å². The molecule has 1 heterocycles. The normalized spacial score (nSPS) is 12.4. The molecule has 0 radical (unpaired) electrons. The minimum Gasteiger partial charge on any atom is -0.494 e. The first kappa shape index (κ1) is 12.1. The fourth-order valence-corrected chi connectivity index (χ4v) is 2.38. The van der Waals surface area contributed by atoms with Crippen molar-refractivity contribution < 1.29 is 9.84 Å². The van der Waals surface area contributed by atoms with Crippen LogP contribution in [0.15, 0.2) is 41.1 Å². The van der Waals surface area contributed by atoms with Crippen LogP contribution in [0.3, 0.4) is 0 Å². The first-order chi connectivity index (χ1) is 8.29. The second-order valence-electron chi connectivity index (χ2n) is 3.85.